The van der Waals surface area contributed by atoms with E-state index in [-0.39, 0.29) is 20.8 Å². The van der Waals surface area contributed by atoms with Crippen LogP contribution in [0.5, 0.6) is 0 Å². The van der Waals surface area contributed by atoms with Crippen LogP contribution in [0.1, 0.15) is 5.56 Å². The molecule has 0 aliphatic heterocycles. The fourth-order valence-electron chi connectivity index (χ4n) is 1.68. The van der Waals surface area contributed by atoms with Crippen molar-refractivity contribution in [1.82, 2.24) is 9.78 Å². The molecule has 0 atom stereocenters. The second kappa shape index (κ2) is 7.00. The maximum absolute atomic E-state index is 12.7. The van der Waals surface area contributed by atoms with E-state index in [0.29, 0.717) is 10.7 Å². The van der Waals surface area contributed by atoms with Crippen LogP contribution in [0.2, 0.25) is 15.1 Å². The van der Waals surface area contributed by atoms with Gasteiger partial charge in [-0.05, 0) is 18.2 Å². The van der Waals surface area contributed by atoms with Crippen LogP contribution in [0.3, 0.4) is 0 Å². The Kier molecular flexibility index (Phi) is 5.42. The predicted molar refractivity (Wildman–Crippen MR) is 83.6 cm³/mol. The minimum atomic E-state index is -4.59. The van der Waals surface area contributed by atoms with Crippen LogP contribution >= 0.6 is 34.8 Å². The number of amides is 1. The van der Waals surface area contributed by atoms with E-state index in [1.807, 2.05) is 0 Å². The summed E-state index contributed by atoms with van der Waals surface area (Å²) in [6.45, 7) is -0.581. The Hall–Kier alpha value is -1.77. The largest absolute Gasteiger partial charge is 0.416 e. The van der Waals surface area contributed by atoms with Crippen LogP contribution in [0.15, 0.2) is 29.2 Å². The number of carbonyl (C=O) groups excluding carboxylic acids is 1. The number of hydrogen-bond acceptors (Lipinski definition) is 3. The Morgan fingerprint density at radius 1 is 1.21 bits per heavy atom. The summed E-state index contributed by atoms with van der Waals surface area (Å²) in [6.07, 6.45) is -3.53. The smallest absolute Gasteiger partial charge is 0.323 e. The zero-order valence-corrected chi connectivity index (χ0v) is 13.8. The third-order valence-corrected chi connectivity index (χ3v) is 3.88. The van der Waals surface area contributed by atoms with Gasteiger partial charge >= 0.3 is 6.18 Å². The van der Waals surface area contributed by atoms with Crippen LogP contribution in [0, 0.1) is 0 Å². The highest BCUT2D eigenvalue weighted by molar-refractivity contribution is 6.41. The number of nitrogens with one attached hydrogen (secondary N) is 1. The van der Waals surface area contributed by atoms with Crippen molar-refractivity contribution in [2.75, 3.05) is 5.32 Å². The summed E-state index contributed by atoms with van der Waals surface area (Å²) < 4.78 is 38.8. The molecule has 1 N–H and O–H groups in total. The van der Waals surface area contributed by atoms with Crippen molar-refractivity contribution in [2.24, 2.45) is 0 Å². The molecule has 0 aliphatic rings. The van der Waals surface area contributed by atoms with Gasteiger partial charge in [-0.3, -0.25) is 9.59 Å². The molecule has 11 heteroatoms. The van der Waals surface area contributed by atoms with E-state index >= 15 is 0 Å². The molecule has 1 aromatic heterocycles. The average molecular weight is 401 g/mol. The van der Waals surface area contributed by atoms with Crippen LogP contribution in [-0.4, -0.2) is 15.7 Å². The maximum atomic E-state index is 12.7. The molecule has 5 nitrogen and oxygen atoms in total. The van der Waals surface area contributed by atoms with E-state index < -0.39 is 29.8 Å². The number of alkyl halides is 3. The van der Waals surface area contributed by atoms with Gasteiger partial charge in [0.2, 0.25) is 5.91 Å². The van der Waals surface area contributed by atoms with E-state index in [0.717, 1.165) is 18.3 Å². The predicted octanol–water partition coefficient (Wildman–Crippen LogP) is 3.86. The molecule has 0 fully saturated rings. The average Bonchev–Trinajstić information content (AvgIpc) is 2.49. The van der Waals surface area contributed by atoms with Crippen molar-refractivity contribution in [2.45, 2.75) is 12.7 Å². The van der Waals surface area contributed by atoms with E-state index in [2.05, 4.69) is 10.4 Å². The van der Waals surface area contributed by atoms with Gasteiger partial charge < -0.3 is 5.32 Å². The fourth-order valence-corrected chi connectivity index (χ4v) is 2.12. The third kappa shape index (κ3) is 4.19. The molecule has 2 rings (SSSR count). The van der Waals surface area contributed by atoms with Gasteiger partial charge in [-0.1, -0.05) is 34.8 Å². The molecule has 0 saturated heterocycles. The molecule has 0 bridgehead atoms. The van der Waals surface area contributed by atoms with E-state index in [9.17, 15) is 22.8 Å². The molecule has 0 aliphatic carbocycles. The lowest BCUT2D eigenvalue weighted by Gasteiger charge is -2.12. The second-order valence-electron chi connectivity index (χ2n) is 4.51. The van der Waals surface area contributed by atoms with Crippen molar-refractivity contribution in [3.05, 3.63) is 55.4 Å². The lowest BCUT2D eigenvalue weighted by atomic mass is 10.2. The lowest BCUT2D eigenvalue weighted by molar-refractivity contribution is -0.137. The van der Waals surface area contributed by atoms with Crippen LogP contribution < -0.4 is 10.9 Å². The lowest BCUT2D eigenvalue weighted by Crippen LogP contribution is -2.30. The van der Waals surface area contributed by atoms with Gasteiger partial charge in [0.1, 0.15) is 11.6 Å². The molecule has 1 heterocycles. The van der Waals surface area contributed by atoms with Gasteiger partial charge in [0.25, 0.3) is 5.56 Å². The molecule has 128 valence electrons. The summed E-state index contributed by atoms with van der Waals surface area (Å²) in [5.41, 5.74) is -2.04. The molecular weight excluding hydrogens is 394 g/mol. The molecule has 24 heavy (non-hydrogen) atoms. The summed E-state index contributed by atoms with van der Waals surface area (Å²) >= 11 is 17.0. The summed E-state index contributed by atoms with van der Waals surface area (Å²) in [6, 6.07) is 2.47. The maximum Gasteiger partial charge on any atom is 0.416 e. The van der Waals surface area contributed by atoms with E-state index in [1.165, 1.54) is 0 Å². The highest BCUT2D eigenvalue weighted by atomic mass is 35.5. The van der Waals surface area contributed by atoms with E-state index in [1.54, 1.807) is 0 Å². The number of nitrogens with zero attached hydrogens (tertiary/aromatic N) is 2. The van der Waals surface area contributed by atoms with Gasteiger partial charge in [0, 0.05) is 0 Å². The Balaban J connectivity index is 2.22. The molecule has 0 unspecified atom stereocenters. The number of aromatic nitrogens is 2. The van der Waals surface area contributed by atoms with Gasteiger partial charge in [-0.15, -0.1) is 0 Å². The first-order valence-corrected chi connectivity index (χ1v) is 7.30. The van der Waals surface area contributed by atoms with Gasteiger partial charge in [0.05, 0.1) is 27.5 Å². The number of carbonyl (C=O) groups is 1. The minimum Gasteiger partial charge on any atom is -0.323 e. The standard InChI is InChI=1S/C13H7Cl3F3N3O2/c14-7-2-1-6(13(17,18)19)3-9(7)21-10(23)5-22-12(24)11(16)8(15)4-20-22/h1-4H,5H2,(H,21,23). The second-order valence-corrected chi connectivity index (χ2v) is 5.70. The van der Waals surface area contributed by atoms with Crippen molar-refractivity contribution < 1.29 is 18.0 Å². The van der Waals surface area contributed by atoms with E-state index in [4.69, 9.17) is 34.8 Å². The van der Waals surface area contributed by atoms with Crippen molar-refractivity contribution in [3.8, 4) is 0 Å². The third-order valence-electron chi connectivity index (χ3n) is 2.80. The quantitative estimate of drug-likeness (QED) is 0.851. The Bertz CT molecular complexity index is 853. The zero-order chi connectivity index (χ0) is 18.1. The minimum absolute atomic E-state index is 0.0840. The topological polar surface area (TPSA) is 64.0 Å². The highest BCUT2D eigenvalue weighted by Crippen LogP contribution is 2.33. The summed E-state index contributed by atoms with van der Waals surface area (Å²) in [7, 11) is 0. The van der Waals surface area contributed by atoms with Gasteiger partial charge in [-0.25, -0.2) is 4.68 Å². The van der Waals surface area contributed by atoms with Crippen LogP contribution in [0.4, 0.5) is 18.9 Å². The number of rotatable bonds is 3. The Morgan fingerprint density at radius 2 is 1.88 bits per heavy atom. The zero-order valence-electron chi connectivity index (χ0n) is 11.5. The molecule has 1 aromatic carbocycles. The molecule has 1 amide bonds. The van der Waals surface area contributed by atoms with Crippen molar-refractivity contribution in [3.63, 3.8) is 0 Å². The highest BCUT2D eigenvalue weighted by Gasteiger charge is 2.31. The number of anilines is 1. The Morgan fingerprint density at radius 3 is 2.50 bits per heavy atom. The first-order chi connectivity index (χ1) is 11.1. The monoisotopic (exact) mass is 399 g/mol. The van der Waals surface area contributed by atoms with Crippen LogP contribution in [-0.2, 0) is 17.5 Å². The summed E-state index contributed by atoms with van der Waals surface area (Å²) in [5.74, 6) is -0.816. The van der Waals surface area contributed by atoms with Gasteiger partial charge in [-0.2, -0.15) is 18.3 Å². The molecule has 0 saturated carbocycles. The molecule has 0 radical (unpaired) electrons. The number of benzene rings is 1. The summed E-state index contributed by atoms with van der Waals surface area (Å²) in [5, 5.41) is 5.30. The van der Waals surface area contributed by atoms with Crippen molar-refractivity contribution in [1.29, 1.82) is 0 Å². The fraction of sp³-hybridized carbons (Fsp3) is 0.154. The van der Waals surface area contributed by atoms with Crippen LogP contribution in [0.25, 0.3) is 0 Å². The Labute approximate surface area is 147 Å². The van der Waals surface area contributed by atoms with Gasteiger partial charge in [0.15, 0.2) is 0 Å². The number of halogens is 6. The molecule has 0 spiro atoms. The SMILES string of the molecule is O=C(Cn1ncc(Cl)c(Cl)c1=O)Nc1cc(C(F)(F)F)ccc1Cl. The number of hydrogen-bond donors (Lipinski definition) is 1. The normalized spacial score (nSPS) is 11.4. The summed E-state index contributed by atoms with van der Waals surface area (Å²) in [4.78, 5) is 23.7. The molecule has 2 aromatic rings. The molecular formula is C13H7Cl3F3N3O2. The first kappa shape index (κ1) is 18.6. The first-order valence-electron chi connectivity index (χ1n) is 6.17. The van der Waals surface area contributed by atoms with Crippen molar-refractivity contribution >= 4 is 46.4 Å².